The summed E-state index contributed by atoms with van der Waals surface area (Å²) in [4.78, 5) is 22.1. The molecule has 1 fully saturated rings. The van der Waals surface area contributed by atoms with Crippen molar-refractivity contribution in [2.45, 2.75) is 48.0 Å². The molecule has 160 valence electrons. The number of nitrogens with zero attached hydrogens (tertiary/aromatic N) is 1. The van der Waals surface area contributed by atoms with Gasteiger partial charge in [-0.2, -0.15) is 0 Å². The summed E-state index contributed by atoms with van der Waals surface area (Å²) >= 11 is 0. The molecule has 0 bridgehead atoms. The number of imide groups is 1. The van der Waals surface area contributed by atoms with Crippen molar-refractivity contribution in [2.75, 3.05) is 7.05 Å². The molecule has 0 N–H and O–H groups in total. The molecule has 0 atom stereocenters. The number of benzene rings is 2. The molecule has 0 aliphatic carbocycles. The Kier molecular flexibility index (Phi) is 10.3. The normalized spacial score (nSPS) is 12.5. The zero-order valence-electron chi connectivity index (χ0n) is 16.5. The van der Waals surface area contributed by atoms with E-state index in [-0.39, 0.29) is 19.2 Å². The van der Waals surface area contributed by atoms with Crippen LogP contribution < -0.4 is 0 Å². The molecule has 2 aromatic carbocycles. The van der Waals surface area contributed by atoms with Gasteiger partial charge in [-0.1, -0.05) is 42.8 Å². The highest BCUT2D eigenvalue weighted by Crippen LogP contribution is 2.22. The van der Waals surface area contributed by atoms with Gasteiger partial charge in [-0.15, -0.1) is 0 Å². The van der Waals surface area contributed by atoms with E-state index in [1.807, 2.05) is 0 Å². The highest BCUT2D eigenvalue weighted by atomic mass is 19.2. The van der Waals surface area contributed by atoms with Gasteiger partial charge < -0.3 is 0 Å². The SMILES string of the molecule is C.CN1C(=O)CCC1=O.Cc1c(F)c(F)c(C)c(F)c1F.Cc1ccc(C)cc1. The summed E-state index contributed by atoms with van der Waals surface area (Å²) in [6.45, 7) is 6.16. The van der Waals surface area contributed by atoms with Gasteiger partial charge in [-0.25, -0.2) is 17.6 Å². The van der Waals surface area contributed by atoms with Gasteiger partial charge in [0.25, 0.3) is 0 Å². The van der Waals surface area contributed by atoms with Crippen molar-refractivity contribution in [1.29, 1.82) is 0 Å². The molecule has 1 aliphatic rings. The molecule has 3 rings (SSSR count). The van der Waals surface area contributed by atoms with Gasteiger partial charge in [-0.05, 0) is 27.7 Å². The lowest BCUT2D eigenvalue weighted by Crippen LogP contribution is -2.23. The van der Waals surface area contributed by atoms with Gasteiger partial charge in [-0.3, -0.25) is 14.5 Å². The molecule has 0 aromatic heterocycles. The largest absolute Gasteiger partial charge is 0.286 e. The predicted molar refractivity (Wildman–Crippen MR) is 105 cm³/mol. The fourth-order valence-corrected chi connectivity index (χ4v) is 2.18. The maximum Gasteiger partial charge on any atom is 0.229 e. The van der Waals surface area contributed by atoms with Gasteiger partial charge in [0.2, 0.25) is 11.8 Å². The minimum absolute atomic E-state index is 0. The number of aryl methyl sites for hydroxylation is 2. The number of carbonyl (C=O) groups is 2. The number of halogens is 4. The first-order valence-corrected chi connectivity index (χ1v) is 8.59. The van der Waals surface area contributed by atoms with Crippen LogP contribution in [0.25, 0.3) is 0 Å². The molecule has 0 spiro atoms. The highest BCUT2D eigenvalue weighted by molar-refractivity contribution is 6.01. The fourth-order valence-electron chi connectivity index (χ4n) is 2.18. The summed E-state index contributed by atoms with van der Waals surface area (Å²) in [6, 6.07) is 8.48. The predicted octanol–water partition coefficient (Wildman–Crippen LogP) is 5.56. The van der Waals surface area contributed by atoms with E-state index in [9.17, 15) is 27.2 Å². The average molecular weight is 413 g/mol. The van der Waals surface area contributed by atoms with Crippen LogP contribution in [0, 0.1) is 51.0 Å². The van der Waals surface area contributed by atoms with Crippen LogP contribution in [0.1, 0.15) is 42.5 Å². The molecule has 1 heterocycles. The Bertz CT molecular complexity index is 722. The van der Waals surface area contributed by atoms with E-state index < -0.39 is 34.4 Å². The Morgan fingerprint density at radius 3 is 1.07 bits per heavy atom. The third kappa shape index (κ3) is 7.00. The van der Waals surface area contributed by atoms with Crippen LogP contribution >= 0.6 is 0 Å². The Morgan fingerprint density at radius 1 is 0.655 bits per heavy atom. The van der Waals surface area contributed by atoms with Gasteiger partial charge in [0, 0.05) is 31.0 Å². The second kappa shape index (κ2) is 11.3. The van der Waals surface area contributed by atoms with Crippen molar-refractivity contribution in [2.24, 2.45) is 0 Å². The molecule has 1 saturated heterocycles. The van der Waals surface area contributed by atoms with Crippen molar-refractivity contribution < 1.29 is 27.2 Å². The van der Waals surface area contributed by atoms with Crippen molar-refractivity contribution in [3.63, 3.8) is 0 Å². The molecule has 1 aliphatic heterocycles. The maximum atomic E-state index is 12.7. The van der Waals surface area contributed by atoms with E-state index in [1.54, 1.807) is 0 Å². The van der Waals surface area contributed by atoms with E-state index >= 15 is 0 Å². The molecule has 2 aromatic rings. The summed E-state index contributed by atoms with van der Waals surface area (Å²) in [6.07, 6.45) is 0.796. The number of carbonyl (C=O) groups excluding carboxylic acids is 2. The number of rotatable bonds is 0. The Labute approximate surface area is 169 Å². The lowest BCUT2D eigenvalue weighted by Gasteiger charge is -2.04. The first-order valence-electron chi connectivity index (χ1n) is 8.59. The average Bonchev–Trinajstić information content (AvgIpc) is 2.97. The van der Waals surface area contributed by atoms with Crippen LogP contribution in [0.4, 0.5) is 17.6 Å². The summed E-state index contributed by atoms with van der Waals surface area (Å²) in [5, 5.41) is 0. The van der Waals surface area contributed by atoms with Crippen LogP contribution in [0.5, 0.6) is 0 Å². The molecule has 3 nitrogen and oxygen atoms in total. The maximum absolute atomic E-state index is 12.7. The van der Waals surface area contributed by atoms with Gasteiger partial charge >= 0.3 is 0 Å². The van der Waals surface area contributed by atoms with Crippen LogP contribution in [0.2, 0.25) is 0 Å². The van der Waals surface area contributed by atoms with E-state index in [2.05, 4.69) is 38.1 Å². The topological polar surface area (TPSA) is 37.4 Å². The van der Waals surface area contributed by atoms with E-state index in [1.165, 1.54) is 23.1 Å². The molecule has 0 radical (unpaired) electrons. The van der Waals surface area contributed by atoms with Gasteiger partial charge in [0.05, 0.1) is 0 Å². The monoisotopic (exact) mass is 413 g/mol. The van der Waals surface area contributed by atoms with Crippen LogP contribution in [0.15, 0.2) is 24.3 Å². The first-order chi connectivity index (χ1) is 13.0. The smallest absolute Gasteiger partial charge is 0.229 e. The summed E-state index contributed by atoms with van der Waals surface area (Å²) in [7, 11) is 1.51. The third-order valence-corrected chi connectivity index (χ3v) is 4.22. The second-order valence-electron chi connectivity index (χ2n) is 6.51. The van der Waals surface area contributed by atoms with E-state index in [0.717, 1.165) is 13.8 Å². The number of hydrogen-bond donors (Lipinski definition) is 0. The van der Waals surface area contributed by atoms with Crippen molar-refractivity contribution >= 4 is 11.8 Å². The van der Waals surface area contributed by atoms with Gasteiger partial charge in [0.1, 0.15) is 0 Å². The first kappa shape index (κ1) is 26.3. The molecule has 2 amide bonds. The van der Waals surface area contributed by atoms with Gasteiger partial charge in [0.15, 0.2) is 23.3 Å². The molecule has 7 heteroatoms. The minimum atomic E-state index is -1.33. The van der Waals surface area contributed by atoms with Crippen molar-refractivity contribution in [1.82, 2.24) is 4.90 Å². The molecular formula is C22H27F4NO2. The van der Waals surface area contributed by atoms with Crippen LogP contribution in [-0.4, -0.2) is 23.8 Å². The zero-order valence-corrected chi connectivity index (χ0v) is 16.5. The highest BCUT2D eigenvalue weighted by Gasteiger charge is 2.24. The van der Waals surface area contributed by atoms with Crippen molar-refractivity contribution in [3.8, 4) is 0 Å². The quantitative estimate of drug-likeness (QED) is 0.322. The summed E-state index contributed by atoms with van der Waals surface area (Å²) in [5.41, 5.74) is 1.40. The molecule has 0 unspecified atom stereocenters. The van der Waals surface area contributed by atoms with Crippen molar-refractivity contribution in [3.05, 3.63) is 69.8 Å². The second-order valence-corrected chi connectivity index (χ2v) is 6.51. The lowest BCUT2D eigenvalue weighted by molar-refractivity contribution is -0.136. The lowest BCUT2D eigenvalue weighted by atomic mass is 10.1. The Morgan fingerprint density at radius 2 is 0.897 bits per heavy atom. The standard InChI is InChI=1S/C8H6F4.C8H10.C5H7NO2.CH4/c1-3-5(9)7(11)4(2)8(12)6(3)10;1-7-3-5-8(2)6-4-7;1-6-4(7)2-3-5(6)8;/h1-2H3;3-6H,1-2H3;2-3H2,1H3;1H4. The molecule has 29 heavy (non-hydrogen) atoms. The van der Waals surface area contributed by atoms with E-state index in [4.69, 9.17) is 0 Å². The third-order valence-electron chi connectivity index (χ3n) is 4.22. The molecular weight excluding hydrogens is 386 g/mol. The number of amides is 2. The number of hydrogen-bond acceptors (Lipinski definition) is 2. The van der Waals surface area contributed by atoms with Crippen LogP contribution in [-0.2, 0) is 9.59 Å². The zero-order chi connectivity index (χ0) is 21.6. The minimum Gasteiger partial charge on any atom is -0.286 e. The summed E-state index contributed by atoms with van der Waals surface area (Å²) in [5.74, 6) is -5.43. The Hall–Kier alpha value is -2.70. The molecule has 0 saturated carbocycles. The fraction of sp³-hybridized carbons (Fsp3) is 0.364. The number of likely N-dealkylation sites (tertiary alicyclic amines) is 1. The Balaban J connectivity index is 0.000000411. The van der Waals surface area contributed by atoms with Crippen LogP contribution in [0.3, 0.4) is 0 Å². The van der Waals surface area contributed by atoms with E-state index in [0.29, 0.717) is 12.8 Å². The summed E-state index contributed by atoms with van der Waals surface area (Å²) < 4.78 is 50.6.